The number of carbonyl (C=O) groups excluding carboxylic acids is 1. The van der Waals surface area contributed by atoms with Crippen molar-refractivity contribution in [2.75, 3.05) is 13.2 Å². The number of carbonyl (C=O) groups is 1. The van der Waals surface area contributed by atoms with Gasteiger partial charge in [0.05, 0.1) is 6.61 Å². The Balaban J connectivity index is 1.62. The Hall–Kier alpha value is -0.910. The van der Waals surface area contributed by atoms with E-state index in [1.165, 1.54) is 18.9 Å². The first-order valence-electron chi connectivity index (χ1n) is 12.8. The number of rotatable bonds is 2. The van der Waals surface area contributed by atoms with Gasteiger partial charge in [0.2, 0.25) is 0 Å². The van der Waals surface area contributed by atoms with Crippen LogP contribution in [0.5, 0.6) is 0 Å². The lowest BCUT2D eigenvalue weighted by Crippen LogP contribution is -2.67. The van der Waals surface area contributed by atoms with Crippen LogP contribution in [0.2, 0.25) is 0 Å². The predicted molar refractivity (Wildman–Crippen MR) is 121 cm³/mol. The average molecular weight is 447 g/mol. The molecule has 1 aliphatic heterocycles. The van der Waals surface area contributed by atoms with Gasteiger partial charge in [-0.2, -0.15) is 0 Å². The Morgan fingerprint density at radius 3 is 2.53 bits per heavy atom. The third kappa shape index (κ3) is 2.83. The van der Waals surface area contributed by atoms with Gasteiger partial charge in [-0.15, -0.1) is 0 Å². The molecule has 0 spiro atoms. The van der Waals surface area contributed by atoms with Crippen LogP contribution in [-0.2, 0) is 14.3 Å². The van der Waals surface area contributed by atoms with Crippen LogP contribution < -0.4 is 0 Å². The van der Waals surface area contributed by atoms with Crippen molar-refractivity contribution in [2.24, 2.45) is 45.3 Å². The van der Waals surface area contributed by atoms with E-state index in [9.17, 15) is 15.0 Å². The van der Waals surface area contributed by atoms with Crippen molar-refractivity contribution >= 4 is 5.97 Å². The molecule has 5 aliphatic rings. The average Bonchev–Trinajstić information content (AvgIpc) is 3.11. The Bertz CT molecular complexity index is 823. The second-order valence-corrected chi connectivity index (χ2v) is 12.8. The third-order valence-corrected chi connectivity index (χ3v) is 11.4. The van der Waals surface area contributed by atoms with Crippen molar-refractivity contribution < 1.29 is 24.5 Å². The van der Waals surface area contributed by atoms with Crippen LogP contribution in [0.1, 0.15) is 79.6 Å². The highest BCUT2D eigenvalue weighted by Gasteiger charge is 2.70. The zero-order valence-electron chi connectivity index (χ0n) is 20.5. The molecule has 4 fully saturated rings. The molecule has 3 unspecified atom stereocenters. The molecular formula is C27H42O5. The summed E-state index contributed by atoms with van der Waals surface area (Å²) in [5.74, 6) is 0.900. The summed E-state index contributed by atoms with van der Waals surface area (Å²) in [6.07, 6.45) is 8.76. The van der Waals surface area contributed by atoms with E-state index in [0.29, 0.717) is 24.4 Å². The maximum absolute atomic E-state index is 12.3. The van der Waals surface area contributed by atoms with Crippen LogP contribution in [0.4, 0.5) is 0 Å². The quantitative estimate of drug-likeness (QED) is 0.484. The zero-order chi connectivity index (χ0) is 23.1. The van der Waals surface area contributed by atoms with Crippen molar-refractivity contribution in [2.45, 2.75) is 92.0 Å². The molecule has 2 N–H and O–H groups in total. The number of ether oxygens (including phenoxy) is 2. The predicted octanol–water partition coefficient (Wildman–Crippen LogP) is 4.46. The molecule has 10 atom stereocenters. The van der Waals surface area contributed by atoms with Crippen molar-refractivity contribution in [3.8, 4) is 0 Å². The minimum absolute atomic E-state index is 0.0267. The van der Waals surface area contributed by atoms with Crippen LogP contribution in [0, 0.1) is 45.3 Å². The lowest BCUT2D eigenvalue weighted by molar-refractivity contribution is -0.255. The van der Waals surface area contributed by atoms with E-state index in [4.69, 9.17) is 9.47 Å². The van der Waals surface area contributed by atoms with Crippen LogP contribution in [0.15, 0.2) is 11.6 Å². The number of fused-ring (bicyclic) bond motifs is 7. The van der Waals surface area contributed by atoms with Crippen molar-refractivity contribution in [1.29, 1.82) is 0 Å². The van der Waals surface area contributed by atoms with Crippen molar-refractivity contribution in [3.63, 3.8) is 0 Å². The maximum Gasteiger partial charge on any atom is 0.302 e. The van der Waals surface area contributed by atoms with E-state index in [0.717, 1.165) is 38.5 Å². The molecular weight excluding hydrogens is 404 g/mol. The molecule has 0 aromatic heterocycles. The highest BCUT2D eigenvalue weighted by Crippen LogP contribution is 2.73. The first kappa shape index (κ1) is 22.9. The number of hydrogen-bond donors (Lipinski definition) is 2. The fraction of sp³-hybridized carbons (Fsp3) is 0.889. The minimum atomic E-state index is -0.827. The van der Waals surface area contributed by atoms with Gasteiger partial charge >= 0.3 is 5.97 Å². The van der Waals surface area contributed by atoms with Crippen molar-refractivity contribution in [3.05, 3.63) is 11.6 Å². The van der Waals surface area contributed by atoms with Crippen LogP contribution in [-0.4, -0.2) is 41.8 Å². The highest BCUT2D eigenvalue weighted by molar-refractivity contribution is 5.66. The van der Waals surface area contributed by atoms with Gasteiger partial charge in [0.1, 0.15) is 6.10 Å². The van der Waals surface area contributed by atoms with Gasteiger partial charge in [0, 0.05) is 24.9 Å². The van der Waals surface area contributed by atoms with Gasteiger partial charge in [0.15, 0.2) is 6.29 Å². The summed E-state index contributed by atoms with van der Waals surface area (Å²) in [5, 5.41) is 21.2. The van der Waals surface area contributed by atoms with Gasteiger partial charge in [-0.25, -0.2) is 0 Å². The monoisotopic (exact) mass is 446 g/mol. The summed E-state index contributed by atoms with van der Waals surface area (Å²) in [7, 11) is 0. The number of esters is 1. The molecule has 32 heavy (non-hydrogen) atoms. The SMILES string of the molecule is CC(=O)O[C@H]1CC2[C@@]3(C)CCC[C@@](C)(CO)C3CC[C@@]2(C)C2CC=C3CO[C@@H](O)[C@@H]3[C@]21C. The van der Waals surface area contributed by atoms with E-state index < -0.39 is 6.29 Å². The van der Waals surface area contributed by atoms with E-state index in [1.54, 1.807) is 0 Å². The van der Waals surface area contributed by atoms with E-state index in [-0.39, 0.29) is 46.3 Å². The molecule has 5 rings (SSSR count). The van der Waals surface area contributed by atoms with Gasteiger partial charge in [-0.3, -0.25) is 4.79 Å². The van der Waals surface area contributed by atoms with Crippen LogP contribution in [0.25, 0.3) is 0 Å². The molecule has 0 radical (unpaired) electrons. The molecule has 180 valence electrons. The second kappa shape index (κ2) is 7.29. The lowest BCUT2D eigenvalue weighted by Gasteiger charge is -2.70. The van der Waals surface area contributed by atoms with Crippen LogP contribution >= 0.6 is 0 Å². The first-order valence-corrected chi connectivity index (χ1v) is 12.8. The Kier molecular flexibility index (Phi) is 5.21. The molecule has 0 aromatic rings. The summed E-state index contributed by atoms with van der Waals surface area (Å²) in [6.45, 7) is 11.8. The number of hydrogen-bond acceptors (Lipinski definition) is 5. The van der Waals surface area contributed by atoms with Gasteiger partial charge in [-0.1, -0.05) is 40.2 Å². The molecule has 3 saturated carbocycles. The minimum Gasteiger partial charge on any atom is -0.462 e. The Labute approximate surface area is 192 Å². The molecule has 0 aromatic carbocycles. The highest BCUT2D eigenvalue weighted by atomic mass is 16.6. The molecule has 0 amide bonds. The topological polar surface area (TPSA) is 76.0 Å². The molecule has 5 nitrogen and oxygen atoms in total. The Morgan fingerprint density at radius 2 is 1.84 bits per heavy atom. The smallest absolute Gasteiger partial charge is 0.302 e. The number of aliphatic hydroxyl groups excluding tert-OH is 2. The summed E-state index contributed by atoms with van der Waals surface area (Å²) < 4.78 is 11.8. The second-order valence-electron chi connectivity index (χ2n) is 12.8. The fourth-order valence-electron chi connectivity index (χ4n) is 10.1. The summed E-state index contributed by atoms with van der Waals surface area (Å²) in [6, 6.07) is 0. The standard InChI is InChI=1S/C27H42O5/c1-16(29)32-21-13-20-25(3)11-6-10-24(2,15-28)18(25)9-12-26(20,4)19-8-7-17-14-31-23(30)22(17)27(19,21)5/h7,18-23,28,30H,6,8-15H2,1-5H3/t18?,19?,20?,21-,22+,23+,24-,25-,26-,27+/m0/s1. The van der Waals surface area contributed by atoms with Gasteiger partial charge in [0.25, 0.3) is 0 Å². The molecule has 0 bridgehead atoms. The normalized spacial score (nSPS) is 54.5. The van der Waals surface area contributed by atoms with E-state index >= 15 is 0 Å². The largest absolute Gasteiger partial charge is 0.462 e. The molecule has 1 saturated heterocycles. The Morgan fingerprint density at radius 1 is 1.12 bits per heavy atom. The first-order chi connectivity index (χ1) is 15.0. The zero-order valence-corrected chi connectivity index (χ0v) is 20.5. The fourth-order valence-corrected chi connectivity index (χ4v) is 10.1. The number of aliphatic hydroxyl groups is 2. The summed E-state index contributed by atoms with van der Waals surface area (Å²) >= 11 is 0. The van der Waals surface area contributed by atoms with E-state index in [1.807, 2.05) is 0 Å². The lowest BCUT2D eigenvalue weighted by atomic mass is 9.34. The third-order valence-electron chi connectivity index (χ3n) is 11.4. The summed E-state index contributed by atoms with van der Waals surface area (Å²) in [4.78, 5) is 12.3. The molecule has 5 heteroatoms. The summed E-state index contributed by atoms with van der Waals surface area (Å²) in [5.41, 5.74) is 1.04. The van der Waals surface area contributed by atoms with Gasteiger partial charge < -0.3 is 19.7 Å². The van der Waals surface area contributed by atoms with Crippen molar-refractivity contribution in [1.82, 2.24) is 0 Å². The van der Waals surface area contributed by atoms with Gasteiger partial charge in [-0.05, 0) is 78.1 Å². The molecule has 1 heterocycles. The maximum atomic E-state index is 12.3. The molecule has 4 aliphatic carbocycles. The van der Waals surface area contributed by atoms with E-state index in [2.05, 4.69) is 33.8 Å². The number of allylic oxidation sites excluding steroid dienone is 1. The van der Waals surface area contributed by atoms with Crippen LogP contribution in [0.3, 0.4) is 0 Å².